The van der Waals surface area contributed by atoms with Gasteiger partial charge in [0.25, 0.3) is 6.02 Å². The third-order valence-corrected chi connectivity index (χ3v) is 9.23. The molecule has 0 bridgehead atoms. The van der Waals surface area contributed by atoms with Crippen molar-refractivity contribution in [2.75, 3.05) is 33.2 Å². The second kappa shape index (κ2) is 13.8. The van der Waals surface area contributed by atoms with Crippen molar-refractivity contribution in [2.24, 2.45) is 20.9 Å². The average Bonchev–Trinajstić information content (AvgIpc) is 3.48. The van der Waals surface area contributed by atoms with Gasteiger partial charge in [0.1, 0.15) is 24.0 Å². The number of nitrogens with zero attached hydrogens (tertiary/aromatic N) is 6. The molecular formula is C33H43FN6OS. The average molecular weight is 591 g/mol. The molecule has 3 unspecified atom stereocenters. The Bertz CT molecular complexity index is 1340. The van der Waals surface area contributed by atoms with E-state index in [0.29, 0.717) is 11.5 Å². The number of amidine groups is 2. The minimum absolute atomic E-state index is 0.0864. The molecule has 4 aliphatic rings. The summed E-state index contributed by atoms with van der Waals surface area (Å²) in [5, 5.41) is 2.21. The second-order valence-corrected chi connectivity index (χ2v) is 12.1. The highest BCUT2D eigenvalue weighted by Gasteiger charge is 2.29. The van der Waals surface area contributed by atoms with Crippen LogP contribution in [0.2, 0.25) is 0 Å². The number of hydrogen-bond donors (Lipinski definition) is 0. The minimum atomic E-state index is -0.450. The quantitative estimate of drug-likeness (QED) is 0.283. The topological polar surface area (TPSA) is 56.0 Å². The van der Waals surface area contributed by atoms with Crippen LogP contribution < -0.4 is 0 Å². The van der Waals surface area contributed by atoms with Crippen LogP contribution >= 0.6 is 11.8 Å². The van der Waals surface area contributed by atoms with Gasteiger partial charge in [-0.15, -0.1) is 11.8 Å². The largest absolute Gasteiger partial charge is 0.460 e. The van der Waals surface area contributed by atoms with E-state index in [1.807, 2.05) is 30.5 Å². The van der Waals surface area contributed by atoms with Gasteiger partial charge in [-0.3, -0.25) is 4.99 Å². The summed E-state index contributed by atoms with van der Waals surface area (Å²) in [4.78, 5) is 21.3. The van der Waals surface area contributed by atoms with E-state index < -0.39 is 6.67 Å². The number of halogens is 1. The molecule has 4 heterocycles. The van der Waals surface area contributed by atoms with E-state index in [1.54, 1.807) is 11.8 Å². The fraction of sp³-hybridized carbons (Fsp3) is 0.485. The Morgan fingerprint density at radius 1 is 1.17 bits per heavy atom. The van der Waals surface area contributed by atoms with Crippen molar-refractivity contribution in [3.05, 3.63) is 76.1 Å². The molecule has 0 saturated heterocycles. The Kier molecular flexibility index (Phi) is 9.88. The van der Waals surface area contributed by atoms with E-state index in [9.17, 15) is 4.39 Å². The van der Waals surface area contributed by atoms with Gasteiger partial charge in [-0.05, 0) is 61.6 Å². The number of alkyl halides is 1. The number of ether oxygens (including phenoxy) is 1. The van der Waals surface area contributed by atoms with Gasteiger partial charge < -0.3 is 19.4 Å². The zero-order chi connectivity index (χ0) is 29.6. The van der Waals surface area contributed by atoms with Crippen molar-refractivity contribution in [2.45, 2.75) is 65.1 Å². The van der Waals surface area contributed by atoms with Gasteiger partial charge in [0, 0.05) is 38.1 Å². The maximum atomic E-state index is 12.9. The highest BCUT2D eigenvalue weighted by molar-refractivity contribution is 8.03. The first-order valence-corrected chi connectivity index (χ1v) is 16.1. The normalized spacial score (nSPS) is 22.2. The Morgan fingerprint density at radius 3 is 2.60 bits per heavy atom. The molecule has 0 N–H and O–H groups in total. The highest BCUT2D eigenvalue weighted by Crippen LogP contribution is 2.34. The Balaban J connectivity index is 1.27. The van der Waals surface area contributed by atoms with Gasteiger partial charge >= 0.3 is 0 Å². The lowest BCUT2D eigenvalue weighted by molar-refractivity contribution is 0.204. The molecule has 224 valence electrons. The van der Waals surface area contributed by atoms with Crippen LogP contribution in [0.3, 0.4) is 0 Å². The summed E-state index contributed by atoms with van der Waals surface area (Å²) in [6.45, 7) is 11.5. The molecule has 0 aliphatic carbocycles. The molecule has 42 heavy (non-hydrogen) atoms. The number of allylic oxidation sites excluding steroid dienone is 3. The molecule has 0 fully saturated rings. The molecule has 9 heteroatoms. The summed E-state index contributed by atoms with van der Waals surface area (Å²) in [6.07, 6.45) is 11.9. The lowest BCUT2D eigenvalue weighted by atomic mass is 9.91. The molecule has 0 amide bonds. The first-order valence-electron chi connectivity index (χ1n) is 15.1. The maximum Gasteiger partial charge on any atom is 0.287 e. The van der Waals surface area contributed by atoms with Crippen molar-refractivity contribution < 1.29 is 9.13 Å². The fourth-order valence-corrected chi connectivity index (χ4v) is 6.69. The Morgan fingerprint density at radius 2 is 1.98 bits per heavy atom. The number of benzene rings is 1. The number of fused-ring (bicyclic) bond motifs is 1. The van der Waals surface area contributed by atoms with Crippen molar-refractivity contribution in [3.8, 4) is 0 Å². The third-order valence-electron chi connectivity index (χ3n) is 8.21. The van der Waals surface area contributed by atoms with Crippen LogP contribution in [0.15, 0.2) is 80.0 Å². The zero-order valence-corrected chi connectivity index (χ0v) is 26.3. The molecule has 5 rings (SSSR count). The van der Waals surface area contributed by atoms with Crippen LogP contribution in [0.5, 0.6) is 0 Å². The van der Waals surface area contributed by atoms with Gasteiger partial charge in [-0.2, -0.15) is 0 Å². The third kappa shape index (κ3) is 6.66. The van der Waals surface area contributed by atoms with Crippen LogP contribution in [-0.4, -0.2) is 77.5 Å². The van der Waals surface area contributed by atoms with Crippen LogP contribution in [0.25, 0.3) is 5.70 Å². The van der Waals surface area contributed by atoms with Crippen molar-refractivity contribution in [1.29, 1.82) is 0 Å². The molecule has 0 spiro atoms. The van der Waals surface area contributed by atoms with Crippen LogP contribution in [0.1, 0.15) is 58.1 Å². The molecular weight excluding hydrogens is 547 g/mol. The van der Waals surface area contributed by atoms with Gasteiger partial charge in [0.15, 0.2) is 0 Å². The van der Waals surface area contributed by atoms with Crippen LogP contribution in [-0.2, 0) is 11.4 Å². The molecule has 4 aliphatic heterocycles. The van der Waals surface area contributed by atoms with Crippen molar-refractivity contribution >= 4 is 35.5 Å². The maximum absolute atomic E-state index is 12.9. The first kappa shape index (κ1) is 30.1. The number of likely N-dealkylation sites (N-methyl/N-ethyl adjacent to an activating group) is 1. The van der Waals surface area contributed by atoms with Gasteiger partial charge in [-0.1, -0.05) is 44.2 Å². The molecule has 1 aromatic carbocycles. The van der Waals surface area contributed by atoms with Gasteiger partial charge in [-0.25, -0.2) is 14.4 Å². The zero-order valence-electron chi connectivity index (χ0n) is 25.5. The molecule has 0 radical (unpaired) electrons. The van der Waals surface area contributed by atoms with E-state index in [1.165, 1.54) is 11.3 Å². The molecule has 7 nitrogen and oxygen atoms in total. The first-order chi connectivity index (χ1) is 20.4. The summed E-state index contributed by atoms with van der Waals surface area (Å²) < 4.78 is 18.8. The van der Waals surface area contributed by atoms with E-state index in [2.05, 4.69) is 78.2 Å². The van der Waals surface area contributed by atoms with E-state index in [-0.39, 0.29) is 11.5 Å². The Labute approximate surface area is 254 Å². The SMILES string of the molecule is CCC1=C(N(CC)C2C=NC(c3ccc(CF)cc3)=CS2)CN2C=C(C(CC)CCN(C)C3=NCC(C)O3)C=CC2=N1. The molecule has 0 aromatic heterocycles. The summed E-state index contributed by atoms with van der Waals surface area (Å²) in [5.74, 6) is 1.45. The predicted octanol–water partition coefficient (Wildman–Crippen LogP) is 6.83. The summed E-state index contributed by atoms with van der Waals surface area (Å²) >= 11 is 1.76. The summed E-state index contributed by atoms with van der Waals surface area (Å²) in [7, 11) is 2.07. The van der Waals surface area contributed by atoms with Gasteiger partial charge in [0.2, 0.25) is 0 Å². The lowest BCUT2D eigenvalue weighted by Gasteiger charge is -2.39. The smallest absolute Gasteiger partial charge is 0.287 e. The number of hydrogen-bond acceptors (Lipinski definition) is 8. The molecule has 3 atom stereocenters. The van der Waals surface area contributed by atoms with Crippen LogP contribution in [0.4, 0.5) is 4.39 Å². The molecule has 0 saturated carbocycles. The number of aliphatic imine (C=N–C) groups is 3. The van der Waals surface area contributed by atoms with Crippen molar-refractivity contribution in [1.82, 2.24) is 14.7 Å². The molecule has 1 aromatic rings. The van der Waals surface area contributed by atoms with E-state index in [4.69, 9.17) is 14.7 Å². The summed E-state index contributed by atoms with van der Waals surface area (Å²) in [5.41, 5.74) is 6.33. The minimum Gasteiger partial charge on any atom is -0.460 e. The van der Waals surface area contributed by atoms with Crippen molar-refractivity contribution in [3.63, 3.8) is 0 Å². The highest BCUT2D eigenvalue weighted by atomic mass is 32.2. The van der Waals surface area contributed by atoms with E-state index >= 15 is 0 Å². The predicted molar refractivity (Wildman–Crippen MR) is 174 cm³/mol. The van der Waals surface area contributed by atoms with Gasteiger partial charge in [0.05, 0.1) is 30.2 Å². The lowest BCUT2D eigenvalue weighted by Crippen LogP contribution is -2.42. The second-order valence-electron chi connectivity index (χ2n) is 11.1. The van der Waals surface area contributed by atoms with Crippen LogP contribution in [0, 0.1) is 5.92 Å². The Hall–Kier alpha value is -3.33. The standard InChI is InChI=1S/C33H43FN6OS/c1-6-25(15-16-38(5)33-36-18-23(4)41-33)27-13-14-31-37-28(7-2)30(21-39(31)20-27)40(8-3)32-19-35-29(22-42-32)26-11-9-24(17-34)10-12-26/h9-14,19-20,22-23,25,32H,6-8,15-18,21H2,1-5H3. The summed E-state index contributed by atoms with van der Waals surface area (Å²) in [6, 6.07) is 8.30. The number of rotatable bonds is 11. The van der Waals surface area contributed by atoms with E-state index in [0.717, 1.165) is 74.3 Å². The fourth-order valence-electron chi connectivity index (χ4n) is 5.67. The number of thioether (sulfide) groups is 1. The monoisotopic (exact) mass is 590 g/mol.